The van der Waals surface area contributed by atoms with Crippen molar-refractivity contribution in [1.82, 2.24) is 25.1 Å². The minimum Gasteiger partial charge on any atom is -0.494 e. The lowest BCUT2D eigenvalue weighted by Gasteiger charge is -2.28. The Morgan fingerprint density at radius 2 is 1.87 bits per heavy atom. The van der Waals surface area contributed by atoms with Gasteiger partial charge >= 0.3 is 5.97 Å². The van der Waals surface area contributed by atoms with Gasteiger partial charge in [0.2, 0.25) is 0 Å². The number of hydrogen-bond acceptors (Lipinski definition) is 6. The van der Waals surface area contributed by atoms with E-state index < -0.39 is 11.8 Å². The molecule has 0 atom stereocenters. The highest BCUT2D eigenvalue weighted by molar-refractivity contribution is 6.32. The number of carbonyl (C=O) groups is 2. The van der Waals surface area contributed by atoms with Crippen LogP contribution in [0.1, 0.15) is 48.0 Å². The van der Waals surface area contributed by atoms with Crippen molar-refractivity contribution in [2.45, 2.75) is 44.7 Å². The van der Waals surface area contributed by atoms with E-state index in [0.717, 1.165) is 36.6 Å². The van der Waals surface area contributed by atoms with Crippen molar-refractivity contribution in [2.24, 2.45) is 5.92 Å². The molecule has 1 fully saturated rings. The molecule has 202 valence electrons. The lowest BCUT2D eigenvalue weighted by Crippen LogP contribution is -2.38. The van der Waals surface area contributed by atoms with Crippen LogP contribution in [0.4, 0.5) is 4.39 Å². The van der Waals surface area contributed by atoms with E-state index in [1.165, 1.54) is 13.2 Å². The molecule has 0 aliphatic heterocycles. The topological polar surface area (TPSA) is 119 Å². The Balaban J connectivity index is 1.34. The van der Waals surface area contributed by atoms with Crippen LogP contribution in [0.15, 0.2) is 48.9 Å². The third-order valence-electron chi connectivity index (χ3n) is 7.04. The van der Waals surface area contributed by atoms with Crippen molar-refractivity contribution >= 4 is 34.4 Å². The number of aromatic nitrogens is 4. The SMILES string of the molecule is COc1cc(-c2ncc(Cn3ncc4cc(Cl)cc(C(=O)NC5CCC(CC(=O)O)CC5)c43)cn2)ccc1F. The van der Waals surface area contributed by atoms with Gasteiger partial charge in [0.15, 0.2) is 17.4 Å². The fourth-order valence-electron chi connectivity index (χ4n) is 5.07. The molecular weight excluding hydrogens is 525 g/mol. The summed E-state index contributed by atoms with van der Waals surface area (Å²) < 4.78 is 20.5. The van der Waals surface area contributed by atoms with E-state index in [9.17, 15) is 14.0 Å². The van der Waals surface area contributed by atoms with E-state index in [2.05, 4.69) is 20.4 Å². The molecule has 0 spiro atoms. The normalized spacial score (nSPS) is 17.2. The second-order valence-electron chi connectivity index (χ2n) is 9.75. The van der Waals surface area contributed by atoms with Crippen LogP contribution in [-0.2, 0) is 11.3 Å². The van der Waals surface area contributed by atoms with Crippen LogP contribution < -0.4 is 10.1 Å². The lowest BCUT2D eigenvalue weighted by atomic mass is 9.84. The molecular formula is C28H27ClFN5O4. The molecule has 2 aromatic heterocycles. The zero-order valence-electron chi connectivity index (χ0n) is 21.2. The zero-order chi connectivity index (χ0) is 27.5. The first-order chi connectivity index (χ1) is 18.8. The number of methoxy groups -OCH3 is 1. The summed E-state index contributed by atoms with van der Waals surface area (Å²) >= 11 is 6.33. The van der Waals surface area contributed by atoms with Gasteiger partial charge in [-0.2, -0.15) is 5.10 Å². The van der Waals surface area contributed by atoms with Gasteiger partial charge in [-0.15, -0.1) is 0 Å². The van der Waals surface area contributed by atoms with Gasteiger partial charge in [0.05, 0.1) is 30.9 Å². The fourth-order valence-corrected chi connectivity index (χ4v) is 5.29. The number of halogens is 2. The van der Waals surface area contributed by atoms with Crippen LogP contribution in [0.5, 0.6) is 5.75 Å². The molecule has 2 N–H and O–H groups in total. The summed E-state index contributed by atoms with van der Waals surface area (Å²) in [5, 5.41) is 17.8. The predicted molar refractivity (Wildman–Crippen MR) is 143 cm³/mol. The number of amides is 1. The molecule has 2 aromatic carbocycles. The molecule has 5 rings (SSSR count). The number of benzene rings is 2. The lowest BCUT2D eigenvalue weighted by molar-refractivity contribution is -0.138. The molecule has 1 saturated carbocycles. The highest BCUT2D eigenvalue weighted by Gasteiger charge is 2.25. The van der Waals surface area contributed by atoms with Crippen molar-refractivity contribution in [3.05, 3.63) is 70.9 Å². The van der Waals surface area contributed by atoms with Crippen molar-refractivity contribution in [2.75, 3.05) is 7.11 Å². The number of ether oxygens (including phenoxy) is 1. The Kier molecular flexibility index (Phi) is 7.74. The number of fused-ring (bicyclic) bond motifs is 1. The molecule has 0 unspecified atom stereocenters. The van der Waals surface area contributed by atoms with Crippen molar-refractivity contribution in [1.29, 1.82) is 0 Å². The van der Waals surface area contributed by atoms with Crippen LogP contribution in [-0.4, -0.2) is 49.9 Å². The number of hydrogen-bond donors (Lipinski definition) is 2. The molecule has 0 saturated heterocycles. The Labute approximate surface area is 229 Å². The molecule has 39 heavy (non-hydrogen) atoms. The van der Waals surface area contributed by atoms with E-state index in [1.807, 2.05) is 0 Å². The van der Waals surface area contributed by atoms with Gasteiger partial charge in [-0.3, -0.25) is 14.3 Å². The van der Waals surface area contributed by atoms with Crippen LogP contribution in [0.2, 0.25) is 5.02 Å². The summed E-state index contributed by atoms with van der Waals surface area (Å²) in [7, 11) is 1.40. The second-order valence-corrected chi connectivity index (χ2v) is 10.2. The minimum atomic E-state index is -0.784. The number of nitrogens with zero attached hydrogens (tertiary/aromatic N) is 4. The summed E-state index contributed by atoms with van der Waals surface area (Å²) in [6, 6.07) is 7.80. The van der Waals surface area contributed by atoms with Crippen LogP contribution >= 0.6 is 11.6 Å². The molecule has 0 bridgehead atoms. The van der Waals surface area contributed by atoms with Gasteiger partial charge in [-0.05, 0) is 61.9 Å². The molecule has 11 heteroatoms. The molecule has 2 heterocycles. The Morgan fingerprint density at radius 3 is 2.56 bits per heavy atom. The first-order valence-corrected chi connectivity index (χ1v) is 13.0. The van der Waals surface area contributed by atoms with E-state index in [1.54, 1.807) is 47.5 Å². The number of nitrogens with one attached hydrogen (secondary N) is 1. The predicted octanol–water partition coefficient (Wildman–Crippen LogP) is 5.11. The van der Waals surface area contributed by atoms with Crippen LogP contribution in [0.3, 0.4) is 0 Å². The average molecular weight is 552 g/mol. The number of carboxylic acids is 1. The van der Waals surface area contributed by atoms with E-state index >= 15 is 0 Å². The average Bonchev–Trinajstić information content (AvgIpc) is 3.31. The Bertz CT molecular complexity index is 1520. The summed E-state index contributed by atoms with van der Waals surface area (Å²) in [5.41, 5.74) is 2.44. The quantitative estimate of drug-likeness (QED) is 0.312. The second kappa shape index (κ2) is 11.4. The number of carbonyl (C=O) groups excluding carboxylic acids is 1. The monoisotopic (exact) mass is 551 g/mol. The summed E-state index contributed by atoms with van der Waals surface area (Å²) in [4.78, 5) is 33.2. The van der Waals surface area contributed by atoms with Crippen molar-refractivity contribution in [3.63, 3.8) is 0 Å². The van der Waals surface area contributed by atoms with E-state index in [0.29, 0.717) is 34.0 Å². The maximum atomic E-state index is 13.8. The van der Waals surface area contributed by atoms with Crippen molar-refractivity contribution < 1.29 is 23.8 Å². The maximum absolute atomic E-state index is 13.8. The van der Waals surface area contributed by atoms with Crippen LogP contribution in [0.25, 0.3) is 22.3 Å². The standard InChI is InChI=1S/C28H27ClFN5O4/c1-39-24-10-18(4-7-23(24)30)27-31-12-17(13-32-27)15-35-26-19(14-33-35)9-20(29)11-22(26)28(38)34-21-5-2-16(3-6-21)8-25(36)37/h4,7,9-14,16,21H,2-3,5-6,8,15H2,1H3,(H,34,38)(H,36,37). The van der Waals surface area contributed by atoms with Gasteiger partial charge in [-0.25, -0.2) is 14.4 Å². The fraction of sp³-hybridized carbons (Fsp3) is 0.321. The maximum Gasteiger partial charge on any atom is 0.303 e. The van der Waals surface area contributed by atoms with Gasteiger partial charge in [0.1, 0.15) is 0 Å². The Hall–Kier alpha value is -4.05. The van der Waals surface area contributed by atoms with Gasteiger partial charge in [0, 0.05) is 46.4 Å². The Morgan fingerprint density at radius 1 is 1.13 bits per heavy atom. The highest BCUT2D eigenvalue weighted by Crippen LogP contribution is 2.29. The molecule has 4 aromatic rings. The summed E-state index contributed by atoms with van der Waals surface area (Å²) in [6.07, 6.45) is 8.15. The molecule has 1 aliphatic carbocycles. The van der Waals surface area contributed by atoms with E-state index in [4.69, 9.17) is 21.4 Å². The largest absolute Gasteiger partial charge is 0.494 e. The molecule has 1 aliphatic rings. The highest BCUT2D eigenvalue weighted by atomic mass is 35.5. The molecule has 0 radical (unpaired) electrons. The smallest absolute Gasteiger partial charge is 0.303 e. The molecule has 9 nitrogen and oxygen atoms in total. The summed E-state index contributed by atoms with van der Waals surface area (Å²) in [6.45, 7) is 0.318. The van der Waals surface area contributed by atoms with Crippen LogP contribution in [0, 0.1) is 11.7 Å². The number of carboxylic acid groups (broad SMARTS) is 1. The first kappa shape index (κ1) is 26.6. The van der Waals surface area contributed by atoms with Crippen molar-refractivity contribution in [3.8, 4) is 17.1 Å². The zero-order valence-corrected chi connectivity index (χ0v) is 22.0. The van der Waals surface area contributed by atoms with Gasteiger partial charge in [0.25, 0.3) is 5.91 Å². The molecule has 1 amide bonds. The first-order valence-electron chi connectivity index (χ1n) is 12.6. The summed E-state index contributed by atoms with van der Waals surface area (Å²) in [5.74, 6) is -0.813. The number of aliphatic carboxylic acids is 1. The third-order valence-corrected chi connectivity index (χ3v) is 7.25. The van der Waals surface area contributed by atoms with Gasteiger partial charge < -0.3 is 15.2 Å². The minimum absolute atomic E-state index is 0.0287. The van der Waals surface area contributed by atoms with Gasteiger partial charge in [-0.1, -0.05) is 11.6 Å². The van der Waals surface area contributed by atoms with E-state index in [-0.39, 0.29) is 30.0 Å². The third kappa shape index (κ3) is 6.01. The number of rotatable bonds is 8.